The molecule has 0 aliphatic carbocycles. The van der Waals surface area contributed by atoms with E-state index in [1.165, 1.54) is 23.0 Å². The van der Waals surface area contributed by atoms with Crippen molar-refractivity contribution in [2.45, 2.75) is 18.7 Å². The van der Waals surface area contributed by atoms with Crippen molar-refractivity contribution in [2.75, 3.05) is 6.61 Å². The van der Waals surface area contributed by atoms with Gasteiger partial charge in [0.25, 0.3) is 10.1 Å². The first kappa shape index (κ1) is 12.7. The van der Waals surface area contributed by atoms with Crippen molar-refractivity contribution in [2.24, 2.45) is 0 Å². The summed E-state index contributed by atoms with van der Waals surface area (Å²) in [6, 6.07) is 4.75. The number of benzene rings is 1. The van der Waals surface area contributed by atoms with Gasteiger partial charge in [0.15, 0.2) is 0 Å². The summed E-state index contributed by atoms with van der Waals surface area (Å²) in [6.45, 7) is 3.60. The molecule has 7 heteroatoms. The van der Waals surface area contributed by atoms with E-state index in [0.29, 0.717) is 5.69 Å². The first-order valence-electron chi connectivity index (χ1n) is 5.41. The molecule has 0 fully saturated rings. The Balaban J connectivity index is 2.51. The Morgan fingerprint density at radius 2 is 2.17 bits per heavy atom. The van der Waals surface area contributed by atoms with Crippen molar-refractivity contribution in [1.82, 2.24) is 15.0 Å². The Kier molecular flexibility index (Phi) is 3.44. The number of aryl methyl sites for hydroxylation is 1. The summed E-state index contributed by atoms with van der Waals surface area (Å²) in [4.78, 5) is 0.112. The van der Waals surface area contributed by atoms with Crippen LogP contribution in [0.1, 0.15) is 12.5 Å². The van der Waals surface area contributed by atoms with Gasteiger partial charge in [0, 0.05) is 0 Å². The lowest BCUT2D eigenvalue weighted by Gasteiger charge is -2.08. The van der Waals surface area contributed by atoms with Crippen LogP contribution < -0.4 is 0 Å². The van der Waals surface area contributed by atoms with Crippen LogP contribution in [0.4, 0.5) is 0 Å². The standard InChI is InChI=1S/C11H13N3O3S/c1-3-17-18(15,16)10-5-4-9(2)11(8-10)14-7-6-12-13-14/h4-8H,3H2,1-2H3. The molecule has 0 saturated carbocycles. The molecule has 0 aliphatic heterocycles. The number of hydrogen-bond donors (Lipinski definition) is 0. The summed E-state index contributed by atoms with van der Waals surface area (Å²) in [6.07, 6.45) is 3.18. The van der Waals surface area contributed by atoms with E-state index in [4.69, 9.17) is 4.18 Å². The zero-order chi connectivity index (χ0) is 13.2. The second kappa shape index (κ2) is 4.87. The van der Waals surface area contributed by atoms with Crippen LogP contribution in [-0.4, -0.2) is 30.0 Å². The second-order valence-corrected chi connectivity index (χ2v) is 5.27. The zero-order valence-corrected chi connectivity index (χ0v) is 10.9. The van der Waals surface area contributed by atoms with Gasteiger partial charge in [0.2, 0.25) is 0 Å². The maximum atomic E-state index is 11.8. The molecule has 0 spiro atoms. The van der Waals surface area contributed by atoms with Crippen LogP contribution in [0.3, 0.4) is 0 Å². The minimum Gasteiger partial charge on any atom is -0.267 e. The van der Waals surface area contributed by atoms with E-state index in [-0.39, 0.29) is 11.5 Å². The highest BCUT2D eigenvalue weighted by Crippen LogP contribution is 2.19. The monoisotopic (exact) mass is 267 g/mol. The molecule has 1 aromatic carbocycles. The third-order valence-corrected chi connectivity index (χ3v) is 3.79. The van der Waals surface area contributed by atoms with E-state index < -0.39 is 10.1 Å². The normalized spacial score (nSPS) is 11.7. The van der Waals surface area contributed by atoms with Crippen molar-refractivity contribution < 1.29 is 12.6 Å². The van der Waals surface area contributed by atoms with Crippen LogP contribution in [0.5, 0.6) is 0 Å². The molecule has 0 bridgehead atoms. The summed E-state index contributed by atoms with van der Waals surface area (Å²) in [5.41, 5.74) is 1.56. The molecule has 0 radical (unpaired) electrons. The van der Waals surface area contributed by atoms with Crippen molar-refractivity contribution in [3.8, 4) is 5.69 Å². The first-order valence-corrected chi connectivity index (χ1v) is 6.82. The SMILES string of the molecule is CCOS(=O)(=O)c1ccc(C)c(-n2ccnn2)c1. The second-order valence-electron chi connectivity index (χ2n) is 3.66. The van der Waals surface area contributed by atoms with Crippen molar-refractivity contribution in [3.63, 3.8) is 0 Å². The molecular weight excluding hydrogens is 254 g/mol. The fourth-order valence-electron chi connectivity index (χ4n) is 1.55. The highest BCUT2D eigenvalue weighted by atomic mass is 32.2. The van der Waals surface area contributed by atoms with Gasteiger partial charge in [0.1, 0.15) is 0 Å². The van der Waals surface area contributed by atoms with Gasteiger partial charge in [-0.05, 0) is 31.5 Å². The summed E-state index contributed by atoms with van der Waals surface area (Å²) in [5.74, 6) is 0. The topological polar surface area (TPSA) is 74.1 Å². The van der Waals surface area contributed by atoms with E-state index in [1.54, 1.807) is 19.2 Å². The Labute approximate surface area is 105 Å². The maximum Gasteiger partial charge on any atom is 0.297 e. The van der Waals surface area contributed by atoms with Gasteiger partial charge in [-0.25, -0.2) is 4.68 Å². The van der Waals surface area contributed by atoms with Gasteiger partial charge >= 0.3 is 0 Å². The van der Waals surface area contributed by atoms with E-state index in [9.17, 15) is 8.42 Å². The number of aromatic nitrogens is 3. The highest BCUT2D eigenvalue weighted by molar-refractivity contribution is 7.86. The third kappa shape index (κ3) is 2.41. The minimum absolute atomic E-state index is 0.106. The molecule has 0 N–H and O–H groups in total. The van der Waals surface area contributed by atoms with Crippen LogP contribution in [0.25, 0.3) is 5.69 Å². The van der Waals surface area contributed by atoms with Crippen molar-refractivity contribution in [1.29, 1.82) is 0 Å². The maximum absolute atomic E-state index is 11.8. The predicted molar refractivity (Wildman–Crippen MR) is 64.9 cm³/mol. The lowest BCUT2D eigenvalue weighted by molar-refractivity contribution is 0.338. The van der Waals surface area contributed by atoms with Gasteiger partial charge in [-0.3, -0.25) is 4.18 Å². The van der Waals surface area contributed by atoms with E-state index in [2.05, 4.69) is 10.3 Å². The molecule has 6 nitrogen and oxygen atoms in total. The van der Waals surface area contributed by atoms with Gasteiger partial charge in [-0.15, -0.1) is 5.10 Å². The van der Waals surface area contributed by atoms with E-state index >= 15 is 0 Å². The molecule has 1 aromatic heterocycles. The molecule has 0 unspecified atom stereocenters. The molecule has 0 amide bonds. The zero-order valence-electron chi connectivity index (χ0n) is 10.1. The average molecular weight is 267 g/mol. The Bertz CT molecular complexity index is 636. The molecule has 0 saturated heterocycles. The van der Waals surface area contributed by atoms with E-state index in [0.717, 1.165) is 5.56 Å². The molecule has 96 valence electrons. The smallest absolute Gasteiger partial charge is 0.267 e. The molecule has 2 rings (SSSR count). The highest BCUT2D eigenvalue weighted by Gasteiger charge is 2.16. The number of rotatable bonds is 4. The first-order chi connectivity index (χ1) is 8.54. The summed E-state index contributed by atoms with van der Waals surface area (Å²) < 4.78 is 29.9. The predicted octanol–water partition coefficient (Wildman–Crippen LogP) is 1.30. The molecular formula is C11H13N3O3S. The summed E-state index contributed by atoms with van der Waals surface area (Å²) in [5, 5.41) is 7.55. The average Bonchev–Trinajstić information content (AvgIpc) is 2.82. The third-order valence-electron chi connectivity index (χ3n) is 2.41. The molecule has 1 heterocycles. The fraction of sp³-hybridized carbons (Fsp3) is 0.273. The largest absolute Gasteiger partial charge is 0.297 e. The van der Waals surface area contributed by atoms with E-state index in [1.807, 2.05) is 6.92 Å². The quantitative estimate of drug-likeness (QED) is 0.781. The fourth-order valence-corrected chi connectivity index (χ4v) is 2.49. The molecule has 18 heavy (non-hydrogen) atoms. The molecule has 0 atom stereocenters. The summed E-state index contributed by atoms with van der Waals surface area (Å²) >= 11 is 0. The Morgan fingerprint density at radius 3 is 2.78 bits per heavy atom. The van der Waals surface area contributed by atoms with Crippen molar-refractivity contribution in [3.05, 3.63) is 36.2 Å². The van der Waals surface area contributed by atoms with Gasteiger partial charge in [-0.2, -0.15) is 8.42 Å². The molecule has 2 aromatic rings. The van der Waals surface area contributed by atoms with Crippen LogP contribution in [0.2, 0.25) is 0 Å². The Hall–Kier alpha value is -1.73. The van der Waals surface area contributed by atoms with Gasteiger partial charge < -0.3 is 0 Å². The summed E-state index contributed by atoms with van der Waals surface area (Å²) in [7, 11) is -3.70. The van der Waals surface area contributed by atoms with Crippen LogP contribution >= 0.6 is 0 Å². The lowest BCUT2D eigenvalue weighted by Crippen LogP contribution is -2.08. The molecule has 0 aliphatic rings. The minimum atomic E-state index is -3.70. The number of hydrogen-bond acceptors (Lipinski definition) is 5. The van der Waals surface area contributed by atoms with Crippen molar-refractivity contribution >= 4 is 10.1 Å². The lowest BCUT2D eigenvalue weighted by atomic mass is 10.2. The van der Waals surface area contributed by atoms with Crippen LogP contribution in [0, 0.1) is 6.92 Å². The van der Waals surface area contributed by atoms with Gasteiger partial charge in [0.05, 0.1) is 29.6 Å². The number of nitrogens with zero attached hydrogens (tertiary/aromatic N) is 3. The Morgan fingerprint density at radius 1 is 1.39 bits per heavy atom. The van der Waals surface area contributed by atoms with Gasteiger partial charge in [-0.1, -0.05) is 11.3 Å². The van der Waals surface area contributed by atoms with Crippen LogP contribution in [-0.2, 0) is 14.3 Å². The van der Waals surface area contributed by atoms with Crippen LogP contribution in [0.15, 0.2) is 35.5 Å².